The Morgan fingerprint density at radius 1 is 1.47 bits per heavy atom. The summed E-state index contributed by atoms with van der Waals surface area (Å²) < 4.78 is 0. The molecule has 92 valence electrons. The lowest BCUT2D eigenvalue weighted by atomic mass is 10.0. The van der Waals surface area contributed by atoms with Gasteiger partial charge in [-0.15, -0.1) is 6.58 Å². The summed E-state index contributed by atoms with van der Waals surface area (Å²) in [5, 5.41) is 14.2. The summed E-state index contributed by atoms with van der Waals surface area (Å²) in [5.74, 6) is 0. The Hall–Kier alpha value is -1.68. The van der Waals surface area contributed by atoms with Crippen LogP contribution < -0.4 is 5.32 Å². The summed E-state index contributed by atoms with van der Waals surface area (Å²) in [4.78, 5) is 10.6. The third kappa shape index (κ3) is 3.67. The second-order valence-electron chi connectivity index (χ2n) is 4.13. The van der Waals surface area contributed by atoms with Crippen LogP contribution in [0.3, 0.4) is 0 Å². The van der Waals surface area contributed by atoms with Gasteiger partial charge in [-0.3, -0.25) is 10.1 Å². The smallest absolute Gasteiger partial charge is 0.274 e. The van der Waals surface area contributed by atoms with Gasteiger partial charge in [0.05, 0.1) is 4.92 Å². The molecule has 2 atom stereocenters. The fraction of sp³-hybridized carbons (Fsp3) is 0.385. The van der Waals surface area contributed by atoms with E-state index in [1.54, 1.807) is 12.1 Å². The molecule has 0 spiro atoms. The van der Waals surface area contributed by atoms with Crippen LogP contribution in [0, 0.1) is 10.1 Å². The molecule has 1 rings (SSSR count). The first-order valence-corrected chi connectivity index (χ1v) is 5.66. The minimum Gasteiger partial charge on any atom is -0.307 e. The van der Waals surface area contributed by atoms with Crippen LogP contribution in [-0.2, 0) is 0 Å². The molecule has 0 saturated carbocycles. The molecule has 4 heteroatoms. The minimum absolute atomic E-state index is 0.0495. The topological polar surface area (TPSA) is 55.2 Å². The third-order valence-corrected chi connectivity index (χ3v) is 2.65. The van der Waals surface area contributed by atoms with Crippen LogP contribution in [0.4, 0.5) is 5.69 Å². The molecule has 0 aliphatic rings. The van der Waals surface area contributed by atoms with Crippen LogP contribution in [0.25, 0.3) is 0 Å². The minimum atomic E-state index is -0.342. The van der Waals surface area contributed by atoms with Crippen LogP contribution in [-0.4, -0.2) is 11.0 Å². The molecule has 0 bridgehead atoms. The SMILES string of the molecule is C=CCC(C)NC(C)c1ccccc1[N+](=O)[O-]. The molecule has 0 aliphatic heterocycles. The number of benzene rings is 1. The van der Waals surface area contributed by atoms with Gasteiger partial charge in [-0.05, 0) is 20.3 Å². The molecule has 1 N–H and O–H groups in total. The van der Waals surface area contributed by atoms with Gasteiger partial charge in [-0.1, -0.05) is 24.3 Å². The molecule has 0 saturated heterocycles. The fourth-order valence-electron chi connectivity index (χ4n) is 1.85. The highest BCUT2D eigenvalue weighted by molar-refractivity contribution is 5.41. The first-order valence-electron chi connectivity index (χ1n) is 5.66. The Kier molecular flexibility index (Phi) is 4.84. The summed E-state index contributed by atoms with van der Waals surface area (Å²) in [6.07, 6.45) is 2.68. The second-order valence-corrected chi connectivity index (χ2v) is 4.13. The average Bonchev–Trinajstić information content (AvgIpc) is 2.29. The number of para-hydroxylation sites is 1. The van der Waals surface area contributed by atoms with Crippen molar-refractivity contribution in [3.05, 3.63) is 52.6 Å². The van der Waals surface area contributed by atoms with E-state index in [0.29, 0.717) is 5.56 Å². The maximum atomic E-state index is 10.9. The molecular formula is C13H18N2O2. The summed E-state index contributed by atoms with van der Waals surface area (Å²) in [7, 11) is 0. The van der Waals surface area contributed by atoms with Gasteiger partial charge in [-0.2, -0.15) is 0 Å². The monoisotopic (exact) mass is 234 g/mol. The van der Waals surface area contributed by atoms with Crippen molar-refractivity contribution in [3.63, 3.8) is 0 Å². The van der Waals surface area contributed by atoms with E-state index >= 15 is 0 Å². The maximum absolute atomic E-state index is 10.9. The van der Waals surface area contributed by atoms with E-state index in [4.69, 9.17) is 0 Å². The molecule has 1 aromatic rings. The van der Waals surface area contributed by atoms with Crippen LogP contribution in [0.15, 0.2) is 36.9 Å². The summed E-state index contributed by atoms with van der Waals surface area (Å²) >= 11 is 0. The molecule has 0 amide bonds. The highest BCUT2D eigenvalue weighted by Gasteiger charge is 2.18. The number of hydrogen-bond acceptors (Lipinski definition) is 3. The zero-order chi connectivity index (χ0) is 12.8. The molecule has 2 unspecified atom stereocenters. The van der Waals surface area contributed by atoms with Gasteiger partial charge in [0, 0.05) is 23.7 Å². The van der Waals surface area contributed by atoms with Crippen molar-refractivity contribution in [1.82, 2.24) is 5.32 Å². The first-order chi connectivity index (χ1) is 8.06. The van der Waals surface area contributed by atoms with Crippen molar-refractivity contribution in [1.29, 1.82) is 0 Å². The van der Waals surface area contributed by atoms with Gasteiger partial charge in [0.2, 0.25) is 0 Å². The number of rotatable bonds is 6. The first kappa shape index (κ1) is 13.4. The zero-order valence-corrected chi connectivity index (χ0v) is 10.2. The number of nitrogens with zero attached hydrogens (tertiary/aromatic N) is 1. The quantitative estimate of drug-likeness (QED) is 0.467. The number of nitro groups is 1. The van der Waals surface area contributed by atoms with E-state index in [1.807, 2.05) is 26.0 Å². The summed E-state index contributed by atoms with van der Waals surface area (Å²) in [6, 6.07) is 7.02. The lowest BCUT2D eigenvalue weighted by molar-refractivity contribution is -0.385. The molecule has 0 radical (unpaired) electrons. The summed E-state index contributed by atoms with van der Waals surface area (Å²) in [5.41, 5.74) is 0.881. The van der Waals surface area contributed by atoms with Gasteiger partial charge in [-0.25, -0.2) is 0 Å². The normalized spacial score (nSPS) is 14.0. The lowest BCUT2D eigenvalue weighted by Gasteiger charge is -2.19. The molecule has 0 heterocycles. The maximum Gasteiger partial charge on any atom is 0.274 e. The number of nitrogens with one attached hydrogen (secondary N) is 1. The zero-order valence-electron chi connectivity index (χ0n) is 10.2. The van der Waals surface area contributed by atoms with E-state index in [0.717, 1.165) is 6.42 Å². The second kappa shape index (κ2) is 6.15. The van der Waals surface area contributed by atoms with Crippen molar-refractivity contribution >= 4 is 5.69 Å². The van der Waals surface area contributed by atoms with E-state index in [2.05, 4.69) is 11.9 Å². The van der Waals surface area contributed by atoms with E-state index < -0.39 is 0 Å². The van der Waals surface area contributed by atoms with Gasteiger partial charge >= 0.3 is 0 Å². The Labute approximate surface area is 101 Å². The van der Waals surface area contributed by atoms with Crippen LogP contribution in [0.2, 0.25) is 0 Å². The van der Waals surface area contributed by atoms with E-state index in [-0.39, 0.29) is 22.7 Å². The standard InChI is InChI=1S/C13H18N2O2/c1-4-7-10(2)14-11(3)12-8-5-6-9-13(12)15(16)17/h4-6,8-11,14H,1,7H2,2-3H3. The van der Waals surface area contributed by atoms with Crippen LogP contribution >= 0.6 is 0 Å². The lowest BCUT2D eigenvalue weighted by Crippen LogP contribution is -2.28. The molecule has 0 aromatic heterocycles. The predicted octanol–water partition coefficient (Wildman–Crippen LogP) is 3.21. The van der Waals surface area contributed by atoms with Crippen molar-refractivity contribution in [3.8, 4) is 0 Å². The Morgan fingerprint density at radius 3 is 2.71 bits per heavy atom. The Bertz CT molecular complexity index is 404. The van der Waals surface area contributed by atoms with Crippen LogP contribution in [0.5, 0.6) is 0 Å². The van der Waals surface area contributed by atoms with Crippen molar-refractivity contribution < 1.29 is 4.92 Å². The molecule has 1 aromatic carbocycles. The van der Waals surface area contributed by atoms with E-state index in [1.165, 1.54) is 6.07 Å². The van der Waals surface area contributed by atoms with E-state index in [9.17, 15) is 10.1 Å². The number of hydrogen-bond donors (Lipinski definition) is 1. The van der Waals surface area contributed by atoms with Gasteiger partial charge in [0.1, 0.15) is 0 Å². The van der Waals surface area contributed by atoms with Crippen LogP contribution in [0.1, 0.15) is 31.9 Å². The highest BCUT2D eigenvalue weighted by atomic mass is 16.6. The summed E-state index contributed by atoms with van der Waals surface area (Å²) in [6.45, 7) is 7.65. The number of nitro benzene ring substituents is 1. The molecular weight excluding hydrogens is 216 g/mol. The molecule has 17 heavy (non-hydrogen) atoms. The highest BCUT2D eigenvalue weighted by Crippen LogP contribution is 2.24. The largest absolute Gasteiger partial charge is 0.307 e. The van der Waals surface area contributed by atoms with Gasteiger partial charge < -0.3 is 5.32 Å². The molecule has 0 aliphatic carbocycles. The third-order valence-electron chi connectivity index (χ3n) is 2.65. The predicted molar refractivity (Wildman–Crippen MR) is 68.9 cm³/mol. The average molecular weight is 234 g/mol. The Morgan fingerprint density at radius 2 is 2.12 bits per heavy atom. The molecule has 0 fully saturated rings. The Balaban J connectivity index is 2.84. The van der Waals surface area contributed by atoms with Gasteiger partial charge in [0.25, 0.3) is 5.69 Å². The van der Waals surface area contributed by atoms with Crippen molar-refractivity contribution in [2.24, 2.45) is 0 Å². The molecule has 4 nitrogen and oxygen atoms in total. The fourth-order valence-corrected chi connectivity index (χ4v) is 1.85. The van der Waals surface area contributed by atoms with Crippen molar-refractivity contribution in [2.75, 3.05) is 0 Å². The van der Waals surface area contributed by atoms with Crippen molar-refractivity contribution in [2.45, 2.75) is 32.4 Å². The van der Waals surface area contributed by atoms with Gasteiger partial charge in [0.15, 0.2) is 0 Å².